The van der Waals surface area contributed by atoms with Crippen LogP contribution in [0.15, 0.2) is 35.7 Å². The first-order chi connectivity index (χ1) is 10.7. The van der Waals surface area contributed by atoms with Gasteiger partial charge in [0.2, 0.25) is 0 Å². The predicted molar refractivity (Wildman–Crippen MR) is 87.6 cm³/mol. The third-order valence-electron chi connectivity index (χ3n) is 4.94. The fourth-order valence-corrected chi connectivity index (χ4v) is 4.52. The van der Waals surface area contributed by atoms with Crippen LogP contribution in [-0.4, -0.2) is 34.9 Å². The van der Waals surface area contributed by atoms with Crippen LogP contribution in [0.2, 0.25) is 0 Å². The third kappa shape index (κ3) is 2.34. The fraction of sp³-hybridized carbons (Fsp3) is 0.412. The molecule has 2 N–H and O–H groups in total. The highest BCUT2D eigenvalue weighted by atomic mass is 32.1. The number of nitrogens with zero attached hydrogens (tertiary/aromatic N) is 2. The molecule has 0 bridgehead atoms. The van der Waals surface area contributed by atoms with Gasteiger partial charge in [0.25, 0.3) is 5.91 Å². The second-order valence-electron chi connectivity index (χ2n) is 6.28. The Morgan fingerprint density at radius 2 is 2.05 bits per heavy atom. The highest BCUT2D eigenvalue weighted by Gasteiger charge is 2.42. The van der Waals surface area contributed by atoms with Crippen LogP contribution in [0.5, 0.6) is 0 Å². The van der Waals surface area contributed by atoms with E-state index in [1.54, 1.807) is 0 Å². The summed E-state index contributed by atoms with van der Waals surface area (Å²) in [6.07, 6.45) is 2.26. The molecule has 1 amide bonds. The van der Waals surface area contributed by atoms with Crippen LogP contribution < -0.4 is 5.73 Å². The van der Waals surface area contributed by atoms with E-state index in [-0.39, 0.29) is 11.9 Å². The van der Waals surface area contributed by atoms with Gasteiger partial charge in [0.05, 0.1) is 0 Å². The standard InChI is InChI=1S/C17H19N3OS/c18-14-7-6-12-8-20(9-13(12)14)17(21)15-10-22-16(19-15)11-4-2-1-3-5-11/h1-5,10,12-14H,6-9,18H2. The van der Waals surface area contributed by atoms with E-state index in [9.17, 15) is 4.79 Å². The van der Waals surface area contributed by atoms with Crippen molar-refractivity contribution in [3.63, 3.8) is 0 Å². The Morgan fingerprint density at radius 1 is 1.23 bits per heavy atom. The second-order valence-corrected chi connectivity index (χ2v) is 7.14. The zero-order valence-electron chi connectivity index (χ0n) is 12.3. The molecule has 0 radical (unpaired) electrons. The van der Waals surface area contributed by atoms with Crippen molar-refractivity contribution in [2.75, 3.05) is 13.1 Å². The first kappa shape index (κ1) is 13.9. The molecule has 1 aliphatic heterocycles. The molecule has 3 unspecified atom stereocenters. The van der Waals surface area contributed by atoms with Crippen LogP contribution in [-0.2, 0) is 0 Å². The summed E-state index contributed by atoms with van der Waals surface area (Å²) in [5, 5.41) is 2.78. The lowest BCUT2D eigenvalue weighted by atomic mass is 9.98. The molecule has 1 aliphatic carbocycles. The number of aromatic nitrogens is 1. The zero-order valence-corrected chi connectivity index (χ0v) is 13.1. The number of hydrogen-bond donors (Lipinski definition) is 1. The number of fused-ring (bicyclic) bond motifs is 1. The summed E-state index contributed by atoms with van der Waals surface area (Å²) >= 11 is 1.53. The van der Waals surface area contributed by atoms with E-state index in [1.807, 2.05) is 40.6 Å². The van der Waals surface area contributed by atoms with Crippen LogP contribution in [0.25, 0.3) is 10.6 Å². The molecule has 2 aromatic rings. The molecule has 22 heavy (non-hydrogen) atoms. The summed E-state index contributed by atoms with van der Waals surface area (Å²) in [4.78, 5) is 19.1. The normalized spacial score (nSPS) is 27.1. The molecule has 2 fully saturated rings. The maximum atomic E-state index is 12.7. The molecular weight excluding hydrogens is 294 g/mol. The second kappa shape index (κ2) is 5.48. The largest absolute Gasteiger partial charge is 0.337 e. The van der Waals surface area contributed by atoms with Crippen LogP contribution in [0.4, 0.5) is 0 Å². The molecule has 1 saturated heterocycles. The SMILES string of the molecule is NC1CCC2CN(C(=O)c3csc(-c4ccccc4)n3)CC12. The van der Waals surface area contributed by atoms with E-state index in [0.717, 1.165) is 36.5 Å². The quantitative estimate of drug-likeness (QED) is 0.927. The first-order valence-electron chi connectivity index (χ1n) is 7.78. The summed E-state index contributed by atoms with van der Waals surface area (Å²) in [7, 11) is 0. The number of likely N-dealkylation sites (tertiary alicyclic amines) is 1. The van der Waals surface area contributed by atoms with Crippen molar-refractivity contribution in [1.29, 1.82) is 0 Å². The van der Waals surface area contributed by atoms with Crippen molar-refractivity contribution < 1.29 is 4.79 Å². The molecule has 1 saturated carbocycles. The van der Waals surface area contributed by atoms with Gasteiger partial charge >= 0.3 is 0 Å². The molecule has 1 aromatic heterocycles. The molecule has 3 atom stereocenters. The van der Waals surface area contributed by atoms with Gasteiger partial charge in [-0.05, 0) is 24.7 Å². The van der Waals surface area contributed by atoms with Gasteiger partial charge < -0.3 is 10.6 Å². The van der Waals surface area contributed by atoms with Gasteiger partial charge in [-0.3, -0.25) is 4.79 Å². The van der Waals surface area contributed by atoms with Gasteiger partial charge in [0.1, 0.15) is 10.7 Å². The van der Waals surface area contributed by atoms with Crippen molar-refractivity contribution in [1.82, 2.24) is 9.88 Å². The Kier molecular flexibility index (Phi) is 3.47. The van der Waals surface area contributed by atoms with Crippen molar-refractivity contribution in [2.24, 2.45) is 17.6 Å². The molecule has 5 heteroatoms. The number of nitrogens with two attached hydrogens (primary N) is 1. The Labute approximate surface area is 134 Å². The smallest absolute Gasteiger partial charge is 0.273 e. The number of carbonyl (C=O) groups is 1. The van der Waals surface area contributed by atoms with Crippen molar-refractivity contribution in [2.45, 2.75) is 18.9 Å². The summed E-state index contributed by atoms with van der Waals surface area (Å²) in [5.41, 5.74) is 7.78. The van der Waals surface area contributed by atoms with Crippen molar-refractivity contribution in [3.05, 3.63) is 41.4 Å². The van der Waals surface area contributed by atoms with E-state index >= 15 is 0 Å². The van der Waals surface area contributed by atoms with Crippen LogP contribution in [0.3, 0.4) is 0 Å². The Hall–Kier alpha value is -1.72. The number of amides is 1. The Bertz CT molecular complexity index is 684. The summed E-state index contributed by atoms with van der Waals surface area (Å²) in [6.45, 7) is 1.64. The fourth-order valence-electron chi connectivity index (χ4n) is 3.72. The molecular formula is C17H19N3OS. The number of hydrogen-bond acceptors (Lipinski definition) is 4. The van der Waals surface area contributed by atoms with Crippen molar-refractivity contribution in [3.8, 4) is 10.6 Å². The predicted octanol–water partition coefficient (Wildman–Crippen LogP) is 2.62. The van der Waals surface area contributed by atoms with Crippen LogP contribution in [0.1, 0.15) is 23.3 Å². The number of carbonyl (C=O) groups excluding carboxylic acids is 1. The zero-order chi connectivity index (χ0) is 15.1. The highest BCUT2D eigenvalue weighted by molar-refractivity contribution is 7.13. The van der Waals surface area contributed by atoms with Gasteiger partial charge in [0.15, 0.2) is 0 Å². The first-order valence-corrected chi connectivity index (χ1v) is 8.66. The monoisotopic (exact) mass is 313 g/mol. The van der Waals surface area contributed by atoms with Gasteiger partial charge in [-0.15, -0.1) is 11.3 Å². The number of thiazole rings is 1. The molecule has 2 heterocycles. The summed E-state index contributed by atoms with van der Waals surface area (Å²) < 4.78 is 0. The molecule has 0 spiro atoms. The van der Waals surface area contributed by atoms with Gasteiger partial charge in [0, 0.05) is 30.1 Å². The summed E-state index contributed by atoms with van der Waals surface area (Å²) in [6, 6.07) is 10.3. The third-order valence-corrected chi connectivity index (χ3v) is 5.83. The molecule has 4 rings (SSSR count). The van der Waals surface area contributed by atoms with Crippen LogP contribution >= 0.6 is 11.3 Å². The minimum Gasteiger partial charge on any atom is -0.337 e. The number of benzene rings is 1. The minimum absolute atomic E-state index is 0.0556. The molecule has 1 aromatic carbocycles. The number of rotatable bonds is 2. The average Bonchev–Trinajstić information content (AvgIpc) is 3.25. The summed E-state index contributed by atoms with van der Waals surface area (Å²) in [5.74, 6) is 1.13. The maximum Gasteiger partial charge on any atom is 0.273 e. The van der Waals surface area contributed by atoms with E-state index in [1.165, 1.54) is 11.3 Å². The van der Waals surface area contributed by atoms with Gasteiger partial charge in [-0.25, -0.2) is 4.98 Å². The highest BCUT2D eigenvalue weighted by Crippen LogP contribution is 2.37. The molecule has 4 nitrogen and oxygen atoms in total. The van der Waals surface area contributed by atoms with Crippen molar-refractivity contribution >= 4 is 17.2 Å². The van der Waals surface area contributed by atoms with Gasteiger partial charge in [-0.2, -0.15) is 0 Å². The lowest BCUT2D eigenvalue weighted by Crippen LogP contribution is -2.33. The molecule has 114 valence electrons. The Morgan fingerprint density at radius 3 is 2.82 bits per heavy atom. The van der Waals surface area contributed by atoms with E-state index in [4.69, 9.17) is 5.73 Å². The van der Waals surface area contributed by atoms with Crippen LogP contribution in [0, 0.1) is 11.8 Å². The molecule has 2 aliphatic rings. The average molecular weight is 313 g/mol. The minimum atomic E-state index is 0.0556. The van der Waals surface area contributed by atoms with E-state index in [0.29, 0.717) is 17.5 Å². The maximum absolute atomic E-state index is 12.7. The van der Waals surface area contributed by atoms with E-state index in [2.05, 4.69) is 4.98 Å². The van der Waals surface area contributed by atoms with E-state index < -0.39 is 0 Å². The Balaban J connectivity index is 1.51. The topological polar surface area (TPSA) is 59.2 Å². The lowest BCUT2D eigenvalue weighted by Gasteiger charge is -2.17. The van der Waals surface area contributed by atoms with Gasteiger partial charge in [-0.1, -0.05) is 30.3 Å². The lowest BCUT2D eigenvalue weighted by molar-refractivity contribution is 0.0774.